The zero-order chi connectivity index (χ0) is 18.0. The molecule has 1 aliphatic heterocycles. The molecule has 0 aliphatic carbocycles. The highest BCUT2D eigenvalue weighted by Gasteiger charge is 2.34. The van der Waals surface area contributed by atoms with E-state index in [0.717, 1.165) is 12.8 Å². The molecule has 0 unspecified atom stereocenters. The van der Waals surface area contributed by atoms with Crippen molar-refractivity contribution in [2.45, 2.75) is 46.1 Å². The van der Waals surface area contributed by atoms with Gasteiger partial charge in [-0.1, -0.05) is 12.1 Å². The first-order valence-corrected chi connectivity index (χ1v) is 8.10. The van der Waals surface area contributed by atoms with Crippen molar-refractivity contribution in [3.63, 3.8) is 0 Å². The first-order valence-electron chi connectivity index (χ1n) is 8.10. The number of piperidine rings is 1. The maximum atomic E-state index is 12.0. The predicted octanol–water partition coefficient (Wildman–Crippen LogP) is 3.37. The van der Waals surface area contributed by atoms with E-state index in [-0.39, 0.29) is 22.1 Å². The van der Waals surface area contributed by atoms with Gasteiger partial charge in [0.2, 0.25) is 0 Å². The van der Waals surface area contributed by atoms with Gasteiger partial charge in [-0.15, -0.1) is 5.06 Å². The second kappa shape index (κ2) is 6.76. The first kappa shape index (κ1) is 18.2. The topological polar surface area (TPSA) is 84.7 Å². The van der Waals surface area contributed by atoms with E-state index in [2.05, 4.69) is 5.32 Å². The Morgan fingerprint density at radius 2 is 1.88 bits per heavy atom. The van der Waals surface area contributed by atoms with E-state index >= 15 is 0 Å². The van der Waals surface area contributed by atoms with Crippen molar-refractivity contribution < 1.29 is 14.6 Å². The molecule has 1 N–H and O–H groups in total. The Labute approximate surface area is 142 Å². The fourth-order valence-electron chi connectivity index (χ4n) is 2.51. The molecule has 0 bridgehead atoms. The van der Waals surface area contributed by atoms with E-state index in [1.165, 1.54) is 6.07 Å². The summed E-state index contributed by atoms with van der Waals surface area (Å²) in [6, 6.07) is 6.64. The third kappa shape index (κ3) is 4.44. The van der Waals surface area contributed by atoms with Crippen molar-refractivity contribution in [2.75, 3.05) is 18.4 Å². The Balaban J connectivity index is 1.98. The average molecular weight is 335 g/mol. The molecule has 1 fully saturated rings. The minimum absolute atomic E-state index is 0.0697. The normalized spacial score (nSPS) is 18.0. The van der Waals surface area contributed by atoms with Gasteiger partial charge in [-0.25, -0.2) is 4.79 Å². The average Bonchev–Trinajstić information content (AvgIpc) is 2.49. The van der Waals surface area contributed by atoms with E-state index in [4.69, 9.17) is 4.84 Å². The predicted molar refractivity (Wildman–Crippen MR) is 91.5 cm³/mol. The maximum absolute atomic E-state index is 12.0. The summed E-state index contributed by atoms with van der Waals surface area (Å²) in [4.78, 5) is 28.1. The molecule has 7 nitrogen and oxygen atoms in total. The molecule has 1 heterocycles. The van der Waals surface area contributed by atoms with Gasteiger partial charge in [0.1, 0.15) is 5.69 Å². The van der Waals surface area contributed by atoms with Gasteiger partial charge in [0.05, 0.1) is 10.3 Å². The van der Waals surface area contributed by atoms with Crippen LogP contribution < -0.4 is 5.32 Å². The molecule has 7 heteroatoms. The van der Waals surface area contributed by atoms with E-state index in [1.807, 2.05) is 27.7 Å². The van der Waals surface area contributed by atoms with Crippen LogP contribution in [0.3, 0.4) is 0 Å². The van der Waals surface area contributed by atoms with Crippen molar-refractivity contribution in [3.8, 4) is 0 Å². The van der Waals surface area contributed by atoms with Gasteiger partial charge in [-0.2, -0.15) is 0 Å². The second-order valence-electron chi connectivity index (χ2n) is 7.52. The monoisotopic (exact) mass is 335 g/mol. The van der Waals surface area contributed by atoms with Gasteiger partial charge in [0, 0.05) is 24.7 Å². The van der Waals surface area contributed by atoms with Gasteiger partial charge in [-0.3, -0.25) is 10.1 Å². The van der Waals surface area contributed by atoms with Crippen molar-refractivity contribution >= 4 is 17.3 Å². The number of rotatable bonds is 4. The van der Waals surface area contributed by atoms with Gasteiger partial charge < -0.3 is 10.2 Å². The number of nitro groups is 1. The molecular formula is C17H25N3O4. The van der Waals surface area contributed by atoms with Crippen LogP contribution >= 0.6 is 0 Å². The molecular weight excluding hydrogens is 310 g/mol. The summed E-state index contributed by atoms with van der Waals surface area (Å²) in [5.74, 6) is -0.252. The zero-order valence-electron chi connectivity index (χ0n) is 14.7. The van der Waals surface area contributed by atoms with Crippen molar-refractivity contribution in [2.24, 2.45) is 5.41 Å². The molecule has 1 aliphatic rings. The summed E-state index contributed by atoms with van der Waals surface area (Å²) in [6.07, 6.45) is 1.44. The fraction of sp³-hybridized carbons (Fsp3) is 0.588. The molecule has 132 valence electrons. The number of nitrogens with one attached hydrogen (secondary N) is 1. The second-order valence-corrected chi connectivity index (χ2v) is 7.52. The Kier molecular flexibility index (Phi) is 5.13. The van der Waals surface area contributed by atoms with Crippen LogP contribution in [0.5, 0.6) is 0 Å². The Morgan fingerprint density at radius 3 is 2.42 bits per heavy atom. The Morgan fingerprint density at radius 1 is 1.29 bits per heavy atom. The lowest BCUT2D eigenvalue weighted by Gasteiger charge is -2.39. The smallest absolute Gasteiger partial charge is 0.330 e. The number of anilines is 1. The van der Waals surface area contributed by atoms with Gasteiger partial charge >= 0.3 is 5.97 Å². The van der Waals surface area contributed by atoms with E-state index in [0.29, 0.717) is 18.8 Å². The summed E-state index contributed by atoms with van der Waals surface area (Å²) in [5, 5.41) is 16.1. The number of carbonyl (C=O) groups is 1. The summed E-state index contributed by atoms with van der Waals surface area (Å²) in [5.41, 5.74) is -0.231. The standard InChI is InChI=1S/C17H25N3O4/c1-16(2,3)15(21)24-19-11-9-17(4,10-12-19)18-13-7-5-6-8-14(13)20(22)23/h5-8,18H,9-12H2,1-4H3. The number of hydrogen-bond donors (Lipinski definition) is 1. The van der Waals surface area contributed by atoms with E-state index < -0.39 is 5.41 Å². The molecule has 24 heavy (non-hydrogen) atoms. The highest BCUT2D eigenvalue weighted by molar-refractivity contribution is 5.75. The van der Waals surface area contributed by atoms with Crippen LogP contribution in [0.25, 0.3) is 0 Å². The summed E-state index contributed by atoms with van der Waals surface area (Å²) in [7, 11) is 0. The molecule has 0 amide bonds. The van der Waals surface area contributed by atoms with Crippen LogP contribution in [0.1, 0.15) is 40.5 Å². The number of nitro benzene ring substituents is 1. The maximum Gasteiger partial charge on any atom is 0.330 e. The Hall–Kier alpha value is -2.15. The van der Waals surface area contributed by atoms with Crippen LogP contribution in [-0.2, 0) is 9.63 Å². The van der Waals surface area contributed by atoms with Gasteiger partial charge in [-0.05, 0) is 46.6 Å². The molecule has 0 saturated carbocycles. The highest BCUT2D eigenvalue weighted by Crippen LogP contribution is 2.32. The van der Waals surface area contributed by atoms with E-state index in [1.54, 1.807) is 23.3 Å². The lowest BCUT2D eigenvalue weighted by atomic mass is 9.90. The number of para-hydroxylation sites is 2. The van der Waals surface area contributed by atoms with Gasteiger partial charge in [0.15, 0.2) is 0 Å². The van der Waals surface area contributed by atoms with Crippen molar-refractivity contribution in [1.82, 2.24) is 5.06 Å². The number of nitrogens with zero attached hydrogens (tertiary/aromatic N) is 2. The molecule has 1 aromatic carbocycles. The number of hydroxylamine groups is 2. The third-order valence-corrected chi connectivity index (χ3v) is 4.19. The molecule has 0 spiro atoms. The molecule has 0 atom stereocenters. The summed E-state index contributed by atoms with van der Waals surface area (Å²) >= 11 is 0. The quantitative estimate of drug-likeness (QED) is 0.671. The first-order chi connectivity index (χ1) is 11.1. The van der Waals surface area contributed by atoms with Crippen molar-refractivity contribution in [3.05, 3.63) is 34.4 Å². The van der Waals surface area contributed by atoms with Crippen molar-refractivity contribution in [1.29, 1.82) is 0 Å². The number of benzene rings is 1. The van der Waals surface area contributed by atoms with Crippen LogP contribution in [0.2, 0.25) is 0 Å². The largest absolute Gasteiger partial charge is 0.374 e. The third-order valence-electron chi connectivity index (χ3n) is 4.19. The molecule has 0 aromatic heterocycles. The Bertz CT molecular complexity index is 617. The molecule has 2 rings (SSSR count). The summed E-state index contributed by atoms with van der Waals surface area (Å²) in [6.45, 7) is 8.67. The lowest BCUT2D eigenvalue weighted by molar-refractivity contribution is -0.384. The van der Waals surface area contributed by atoms with Crippen LogP contribution in [0, 0.1) is 15.5 Å². The molecule has 1 aromatic rings. The lowest BCUT2D eigenvalue weighted by Crippen LogP contribution is -2.48. The van der Waals surface area contributed by atoms with Gasteiger partial charge in [0.25, 0.3) is 5.69 Å². The fourth-order valence-corrected chi connectivity index (χ4v) is 2.51. The molecule has 0 radical (unpaired) electrons. The minimum Gasteiger partial charge on any atom is -0.374 e. The number of hydrogen-bond acceptors (Lipinski definition) is 6. The minimum atomic E-state index is -0.538. The SMILES string of the molecule is CC1(Nc2ccccc2[N+](=O)[O-])CCN(OC(=O)C(C)(C)C)CC1. The number of carbonyl (C=O) groups excluding carboxylic acids is 1. The van der Waals surface area contributed by atoms with Crippen LogP contribution in [0.4, 0.5) is 11.4 Å². The van der Waals surface area contributed by atoms with E-state index in [9.17, 15) is 14.9 Å². The van der Waals surface area contributed by atoms with Crippen LogP contribution in [-0.4, -0.2) is 34.6 Å². The zero-order valence-corrected chi connectivity index (χ0v) is 14.7. The highest BCUT2D eigenvalue weighted by atomic mass is 16.7. The molecule has 1 saturated heterocycles. The van der Waals surface area contributed by atoms with Crippen LogP contribution in [0.15, 0.2) is 24.3 Å². The summed E-state index contributed by atoms with van der Waals surface area (Å²) < 4.78 is 0.